The Morgan fingerprint density at radius 3 is 2.30 bits per heavy atom. The number of aromatic nitrogens is 3. The van der Waals surface area contributed by atoms with E-state index in [0.29, 0.717) is 55.5 Å². The van der Waals surface area contributed by atoms with Crippen molar-refractivity contribution in [2.75, 3.05) is 39.5 Å². The number of benzene rings is 3. The number of halogens is 2. The maximum Gasteiger partial charge on any atom is 0.335 e. The van der Waals surface area contributed by atoms with E-state index in [9.17, 15) is 14.7 Å². The van der Waals surface area contributed by atoms with Crippen LogP contribution in [-0.2, 0) is 31.3 Å². The molecule has 0 spiro atoms. The Morgan fingerprint density at radius 2 is 1.66 bits per heavy atom. The Hall–Kier alpha value is -4.35. The van der Waals surface area contributed by atoms with Gasteiger partial charge in [-0.2, -0.15) is 5.10 Å². The summed E-state index contributed by atoms with van der Waals surface area (Å²) in [6, 6.07) is 13.0. The van der Waals surface area contributed by atoms with E-state index >= 15 is 0 Å². The van der Waals surface area contributed by atoms with E-state index in [2.05, 4.69) is 14.8 Å². The minimum Gasteiger partial charge on any atom is -0.494 e. The number of morpholine rings is 1. The molecule has 2 aromatic heterocycles. The molecule has 0 aliphatic carbocycles. The van der Waals surface area contributed by atoms with Crippen LogP contribution in [0.15, 0.2) is 42.5 Å². The molecule has 3 aromatic carbocycles. The second-order valence-corrected chi connectivity index (χ2v) is 14.7. The van der Waals surface area contributed by atoms with Crippen molar-refractivity contribution in [1.82, 2.24) is 24.6 Å². The third-order valence-corrected chi connectivity index (χ3v) is 11.1. The molecule has 5 aromatic rings. The number of nitrogens with zero attached hydrogens (tertiary/aromatic N) is 4. The van der Waals surface area contributed by atoms with Gasteiger partial charge in [-0.05, 0) is 99.5 Å². The van der Waals surface area contributed by atoms with Crippen LogP contribution in [0, 0.1) is 34.6 Å². The molecule has 0 unspecified atom stereocenters. The average molecular weight is 761 g/mol. The van der Waals surface area contributed by atoms with Crippen molar-refractivity contribution in [3.05, 3.63) is 103 Å². The Labute approximate surface area is 320 Å². The minimum atomic E-state index is -0.980. The Balaban J connectivity index is 1.44. The highest BCUT2D eigenvalue weighted by Gasteiger charge is 2.28. The van der Waals surface area contributed by atoms with Crippen LogP contribution in [0.4, 0.5) is 0 Å². The lowest BCUT2D eigenvalue weighted by molar-refractivity contribution is 0.0364. The summed E-state index contributed by atoms with van der Waals surface area (Å²) in [6.45, 7) is 14.6. The van der Waals surface area contributed by atoms with E-state index < -0.39 is 5.97 Å². The zero-order chi connectivity index (χ0) is 38.0. The summed E-state index contributed by atoms with van der Waals surface area (Å²) in [7, 11) is 1.93. The van der Waals surface area contributed by atoms with Gasteiger partial charge < -0.3 is 24.5 Å². The standard InChI is InChI=1S/C41H47Cl2N5O5/c1-24-20-29(9-10-31(24)41(50)51)23-44-40(49)39-32(8-7-17-53-30-21-25(2)37(43)26(3)22-30)33-11-12-34(42)36(35-27(4)45-46(6)28(35)5)38(33)48(39)14-13-47-15-18-52-19-16-47/h9-12,20-22H,7-8,13-19,23H2,1-6H3,(H,44,49)(H,50,51). The number of aryl methyl sites for hydroxylation is 6. The van der Waals surface area contributed by atoms with Gasteiger partial charge >= 0.3 is 5.97 Å². The molecule has 0 atom stereocenters. The molecule has 1 aliphatic heterocycles. The van der Waals surface area contributed by atoms with Crippen molar-refractivity contribution >= 4 is 46.0 Å². The van der Waals surface area contributed by atoms with Gasteiger partial charge in [0.25, 0.3) is 5.91 Å². The van der Waals surface area contributed by atoms with Crippen LogP contribution in [0.3, 0.4) is 0 Å². The fourth-order valence-corrected chi connectivity index (χ4v) is 7.79. The molecule has 0 bridgehead atoms. The number of nitrogens with one attached hydrogen (secondary N) is 1. The van der Waals surface area contributed by atoms with Crippen molar-refractivity contribution in [2.24, 2.45) is 7.05 Å². The second-order valence-electron chi connectivity index (χ2n) is 13.9. The Bertz CT molecular complexity index is 2160. The molecule has 3 heterocycles. The summed E-state index contributed by atoms with van der Waals surface area (Å²) in [6.07, 6.45) is 1.23. The van der Waals surface area contributed by atoms with E-state index in [1.807, 2.05) is 69.8 Å². The van der Waals surface area contributed by atoms with Gasteiger partial charge in [-0.15, -0.1) is 0 Å². The van der Waals surface area contributed by atoms with Gasteiger partial charge in [0.15, 0.2) is 0 Å². The lowest BCUT2D eigenvalue weighted by Gasteiger charge is -2.27. The highest BCUT2D eigenvalue weighted by atomic mass is 35.5. The molecule has 6 rings (SSSR count). The Morgan fingerprint density at radius 1 is 0.943 bits per heavy atom. The highest BCUT2D eigenvalue weighted by Crippen LogP contribution is 2.42. The van der Waals surface area contributed by atoms with Crippen LogP contribution in [0.2, 0.25) is 10.0 Å². The lowest BCUT2D eigenvalue weighted by atomic mass is 9.98. The maximum atomic E-state index is 14.6. The summed E-state index contributed by atoms with van der Waals surface area (Å²) in [5, 5.41) is 19.7. The molecule has 0 radical (unpaired) electrons. The SMILES string of the molecule is Cc1cc(CNC(=O)c2c(CCCOc3cc(C)c(Cl)c(C)c3)c3ccc(Cl)c(-c4c(C)nn(C)c4C)c3n2CCN2CCOCC2)ccc1C(=O)O. The smallest absolute Gasteiger partial charge is 0.335 e. The average Bonchev–Trinajstić information content (AvgIpc) is 3.57. The van der Waals surface area contributed by atoms with Crippen LogP contribution < -0.4 is 10.1 Å². The third-order valence-electron chi connectivity index (χ3n) is 10.2. The van der Waals surface area contributed by atoms with E-state index in [-0.39, 0.29) is 18.0 Å². The summed E-state index contributed by atoms with van der Waals surface area (Å²) in [4.78, 5) is 28.6. The van der Waals surface area contributed by atoms with E-state index in [4.69, 9.17) is 37.8 Å². The number of carbonyl (C=O) groups is 2. The molecule has 10 nitrogen and oxygen atoms in total. The fourth-order valence-electron chi connectivity index (χ4n) is 7.44. The molecule has 53 heavy (non-hydrogen) atoms. The largest absolute Gasteiger partial charge is 0.494 e. The second kappa shape index (κ2) is 16.3. The van der Waals surface area contributed by atoms with Crippen molar-refractivity contribution in [2.45, 2.75) is 60.5 Å². The summed E-state index contributed by atoms with van der Waals surface area (Å²) in [5.41, 5.74) is 9.65. The van der Waals surface area contributed by atoms with Crippen LogP contribution in [0.25, 0.3) is 22.0 Å². The summed E-state index contributed by atoms with van der Waals surface area (Å²) >= 11 is 13.5. The molecule has 280 valence electrons. The van der Waals surface area contributed by atoms with Gasteiger partial charge in [-0.1, -0.05) is 41.4 Å². The molecule has 12 heteroatoms. The zero-order valence-electron chi connectivity index (χ0n) is 31.2. The van der Waals surface area contributed by atoms with Crippen molar-refractivity contribution in [3.63, 3.8) is 0 Å². The van der Waals surface area contributed by atoms with Gasteiger partial charge in [-0.25, -0.2) is 4.79 Å². The number of fused-ring (bicyclic) bond motifs is 1. The van der Waals surface area contributed by atoms with E-state index in [1.165, 1.54) is 0 Å². The van der Waals surface area contributed by atoms with Crippen molar-refractivity contribution in [3.8, 4) is 16.9 Å². The van der Waals surface area contributed by atoms with Crippen LogP contribution in [0.5, 0.6) is 5.75 Å². The number of aromatic carboxylic acids is 1. The monoisotopic (exact) mass is 759 g/mol. The van der Waals surface area contributed by atoms with Gasteiger partial charge in [0.2, 0.25) is 0 Å². The topological polar surface area (TPSA) is 111 Å². The summed E-state index contributed by atoms with van der Waals surface area (Å²) < 4.78 is 15.9. The summed E-state index contributed by atoms with van der Waals surface area (Å²) in [5.74, 6) is -0.438. The predicted molar refractivity (Wildman–Crippen MR) is 210 cm³/mol. The lowest BCUT2D eigenvalue weighted by Crippen LogP contribution is -2.38. The fraction of sp³-hybridized carbons (Fsp3) is 0.390. The first-order chi connectivity index (χ1) is 25.3. The molecule has 1 saturated heterocycles. The zero-order valence-corrected chi connectivity index (χ0v) is 32.7. The molecular formula is C41H47Cl2N5O5. The number of carboxylic acid groups (broad SMARTS) is 1. The van der Waals surface area contributed by atoms with Crippen LogP contribution in [0.1, 0.15) is 66.5 Å². The normalized spacial score (nSPS) is 13.5. The molecule has 0 saturated carbocycles. The maximum absolute atomic E-state index is 14.6. The molecule has 2 N–H and O–H groups in total. The quantitative estimate of drug-likeness (QED) is 0.118. The number of hydrogen-bond donors (Lipinski definition) is 2. The number of carboxylic acids is 1. The minimum absolute atomic E-state index is 0.218. The number of amides is 1. The highest BCUT2D eigenvalue weighted by molar-refractivity contribution is 6.35. The predicted octanol–water partition coefficient (Wildman–Crippen LogP) is 7.86. The molecule has 1 fully saturated rings. The molecule has 1 aliphatic rings. The van der Waals surface area contributed by atoms with Crippen LogP contribution in [-0.4, -0.2) is 75.7 Å². The first-order valence-electron chi connectivity index (χ1n) is 18.0. The van der Waals surface area contributed by atoms with Gasteiger partial charge in [-0.3, -0.25) is 14.4 Å². The molecule has 1 amide bonds. The molecular weight excluding hydrogens is 713 g/mol. The van der Waals surface area contributed by atoms with E-state index in [0.717, 1.165) is 86.1 Å². The third kappa shape index (κ3) is 8.11. The first kappa shape index (κ1) is 38.4. The van der Waals surface area contributed by atoms with Gasteiger partial charge in [0.1, 0.15) is 11.4 Å². The number of carbonyl (C=O) groups excluding carboxylic acids is 1. The van der Waals surface area contributed by atoms with Crippen molar-refractivity contribution < 1.29 is 24.2 Å². The van der Waals surface area contributed by atoms with Crippen molar-refractivity contribution in [1.29, 1.82) is 0 Å². The Kier molecular flexibility index (Phi) is 11.8. The number of hydrogen-bond acceptors (Lipinski definition) is 6. The van der Waals surface area contributed by atoms with Gasteiger partial charge in [0, 0.05) is 67.0 Å². The van der Waals surface area contributed by atoms with E-state index in [1.54, 1.807) is 19.1 Å². The number of rotatable bonds is 13. The van der Waals surface area contributed by atoms with Crippen LogP contribution >= 0.6 is 23.2 Å². The first-order valence-corrected chi connectivity index (χ1v) is 18.8. The number of ether oxygens (including phenoxy) is 2. The van der Waals surface area contributed by atoms with Gasteiger partial charge in [0.05, 0.1) is 41.6 Å².